The number of hydrogen-bond donors (Lipinski definition) is 1. The molecule has 0 saturated carbocycles. The highest BCUT2D eigenvalue weighted by Crippen LogP contribution is 2.43. The molecule has 1 fully saturated rings. The molecule has 5 heteroatoms. The Balaban J connectivity index is 1.72. The van der Waals surface area contributed by atoms with Gasteiger partial charge in [0.05, 0.1) is 6.04 Å². The molecule has 30 heavy (non-hydrogen) atoms. The minimum absolute atomic E-state index is 0.0254. The predicted molar refractivity (Wildman–Crippen MR) is 117 cm³/mol. The minimum atomic E-state index is -0.462. The molecule has 5 nitrogen and oxygen atoms in total. The molecule has 0 aliphatic carbocycles. The van der Waals surface area contributed by atoms with Crippen LogP contribution in [-0.2, 0) is 16.0 Å². The summed E-state index contributed by atoms with van der Waals surface area (Å²) in [6.07, 6.45) is 1.39. The number of rotatable bonds is 3. The summed E-state index contributed by atoms with van der Waals surface area (Å²) < 4.78 is 0. The monoisotopic (exact) mass is 401 g/mol. The zero-order valence-corrected chi connectivity index (χ0v) is 17.7. The normalized spacial score (nSPS) is 22.2. The van der Waals surface area contributed by atoms with Gasteiger partial charge in [-0.1, -0.05) is 49.4 Å². The SMILES string of the molecule is CCC(C)N1CC(=O)N2C(c3ccccc3C)c3[nH]c4ccccc4c3C[C@H]2C1=O. The molecular weight excluding hydrogens is 374 g/mol. The van der Waals surface area contributed by atoms with Gasteiger partial charge in [0.15, 0.2) is 0 Å². The lowest BCUT2D eigenvalue weighted by atomic mass is 9.84. The van der Waals surface area contributed by atoms with Crippen molar-refractivity contribution >= 4 is 22.7 Å². The maximum Gasteiger partial charge on any atom is 0.246 e. The number of amides is 2. The Bertz CT molecular complexity index is 1150. The first-order valence-electron chi connectivity index (χ1n) is 10.8. The van der Waals surface area contributed by atoms with Crippen LogP contribution in [0.4, 0.5) is 0 Å². The number of nitrogens with zero attached hydrogens (tertiary/aromatic N) is 2. The van der Waals surface area contributed by atoms with Crippen molar-refractivity contribution in [2.24, 2.45) is 0 Å². The van der Waals surface area contributed by atoms with Gasteiger partial charge in [-0.25, -0.2) is 0 Å². The Hall–Kier alpha value is -3.08. The molecule has 5 rings (SSSR count). The molecule has 3 atom stereocenters. The summed E-state index contributed by atoms with van der Waals surface area (Å²) in [5.74, 6) is 0.0934. The number of carbonyl (C=O) groups is 2. The van der Waals surface area contributed by atoms with Crippen LogP contribution in [0.3, 0.4) is 0 Å². The standard InChI is InChI=1S/C25H27N3O2/c1-4-16(3)27-14-22(29)28-21(25(27)30)13-19-18-11-7-8-12-20(18)26-23(19)24(28)17-10-6-5-9-15(17)2/h5-12,16,21,24,26H,4,13-14H2,1-3H3/t16?,21-,24?/m0/s1. The van der Waals surface area contributed by atoms with Crippen molar-refractivity contribution in [1.82, 2.24) is 14.8 Å². The lowest BCUT2D eigenvalue weighted by molar-refractivity contribution is -0.160. The number of benzene rings is 2. The van der Waals surface area contributed by atoms with E-state index in [2.05, 4.69) is 43.1 Å². The van der Waals surface area contributed by atoms with Crippen molar-refractivity contribution in [3.05, 3.63) is 70.9 Å². The van der Waals surface area contributed by atoms with Crippen LogP contribution in [0.15, 0.2) is 48.5 Å². The maximum atomic E-state index is 13.6. The number of fused-ring (bicyclic) bond motifs is 4. The van der Waals surface area contributed by atoms with Crippen molar-refractivity contribution in [3.8, 4) is 0 Å². The molecule has 2 aromatic carbocycles. The second-order valence-corrected chi connectivity index (χ2v) is 8.57. The van der Waals surface area contributed by atoms with Gasteiger partial charge in [0.1, 0.15) is 12.6 Å². The number of carbonyl (C=O) groups excluding carboxylic acids is 2. The topological polar surface area (TPSA) is 56.4 Å². The van der Waals surface area contributed by atoms with Gasteiger partial charge in [-0.2, -0.15) is 0 Å². The summed E-state index contributed by atoms with van der Waals surface area (Å²) in [5.41, 5.74) is 5.46. The third-order valence-corrected chi connectivity index (χ3v) is 6.90. The Labute approximate surface area is 176 Å². The first-order valence-corrected chi connectivity index (χ1v) is 10.8. The molecule has 2 amide bonds. The minimum Gasteiger partial charge on any atom is -0.356 e. The van der Waals surface area contributed by atoms with Crippen molar-refractivity contribution < 1.29 is 9.59 Å². The number of nitrogens with one attached hydrogen (secondary N) is 1. The summed E-state index contributed by atoms with van der Waals surface area (Å²) in [4.78, 5) is 34.2. The third kappa shape index (κ3) is 2.68. The van der Waals surface area contributed by atoms with E-state index in [0.717, 1.165) is 39.7 Å². The molecule has 2 aliphatic heterocycles. The van der Waals surface area contributed by atoms with Crippen LogP contribution < -0.4 is 0 Å². The lowest BCUT2D eigenvalue weighted by Gasteiger charge is -2.48. The average molecular weight is 402 g/mol. The highest BCUT2D eigenvalue weighted by atomic mass is 16.2. The fraction of sp³-hybridized carbons (Fsp3) is 0.360. The zero-order chi connectivity index (χ0) is 21.0. The molecule has 1 N–H and O–H groups in total. The summed E-state index contributed by atoms with van der Waals surface area (Å²) in [6, 6.07) is 15.7. The number of hydrogen-bond acceptors (Lipinski definition) is 2. The van der Waals surface area contributed by atoms with Crippen LogP contribution in [0.25, 0.3) is 10.9 Å². The van der Waals surface area contributed by atoms with Gasteiger partial charge in [-0.15, -0.1) is 0 Å². The molecule has 2 unspecified atom stereocenters. The number of aromatic amines is 1. The second kappa shape index (κ2) is 7.01. The van der Waals surface area contributed by atoms with Gasteiger partial charge >= 0.3 is 0 Å². The van der Waals surface area contributed by atoms with Crippen LogP contribution in [0, 0.1) is 6.92 Å². The molecule has 154 valence electrons. The predicted octanol–water partition coefficient (Wildman–Crippen LogP) is 3.96. The van der Waals surface area contributed by atoms with E-state index in [1.165, 1.54) is 0 Å². The molecule has 3 aromatic rings. The largest absolute Gasteiger partial charge is 0.356 e. The molecule has 3 heterocycles. The molecular formula is C25H27N3O2. The van der Waals surface area contributed by atoms with Gasteiger partial charge in [0, 0.05) is 29.1 Å². The third-order valence-electron chi connectivity index (χ3n) is 6.90. The smallest absolute Gasteiger partial charge is 0.246 e. The van der Waals surface area contributed by atoms with Gasteiger partial charge < -0.3 is 14.8 Å². The number of piperazine rings is 1. The van der Waals surface area contributed by atoms with E-state index in [9.17, 15) is 9.59 Å². The molecule has 2 aliphatic rings. The lowest BCUT2D eigenvalue weighted by Crippen LogP contribution is -2.64. The first kappa shape index (κ1) is 18.9. The fourth-order valence-corrected chi connectivity index (χ4v) is 5.10. The summed E-state index contributed by atoms with van der Waals surface area (Å²) in [5, 5.41) is 1.15. The number of aryl methyl sites for hydroxylation is 1. The molecule has 1 aromatic heterocycles. The van der Waals surface area contributed by atoms with Crippen molar-refractivity contribution in [2.75, 3.05) is 6.54 Å². The van der Waals surface area contributed by atoms with Gasteiger partial charge in [-0.05, 0) is 43.0 Å². The second-order valence-electron chi connectivity index (χ2n) is 8.57. The van der Waals surface area contributed by atoms with Crippen LogP contribution in [-0.4, -0.2) is 45.2 Å². The van der Waals surface area contributed by atoms with Crippen molar-refractivity contribution in [2.45, 2.75) is 51.7 Å². The Morgan fingerprint density at radius 3 is 2.60 bits per heavy atom. The van der Waals surface area contributed by atoms with Crippen LogP contribution >= 0.6 is 0 Å². The highest BCUT2D eigenvalue weighted by Gasteiger charge is 2.49. The fourth-order valence-electron chi connectivity index (χ4n) is 5.10. The van der Waals surface area contributed by atoms with E-state index in [4.69, 9.17) is 0 Å². The van der Waals surface area contributed by atoms with Crippen LogP contribution in [0.2, 0.25) is 0 Å². The summed E-state index contributed by atoms with van der Waals surface area (Å²) in [7, 11) is 0. The van der Waals surface area contributed by atoms with E-state index in [1.807, 2.05) is 36.1 Å². The summed E-state index contributed by atoms with van der Waals surface area (Å²) in [6.45, 7) is 6.31. The van der Waals surface area contributed by atoms with E-state index in [-0.39, 0.29) is 30.4 Å². The number of aromatic nitrogens is 1. The van der Waals surface area contributed by atoms with Crippen molar-refractivity contribution in [1.29, 1.82) is 0 Å². The van der Waals surface area contributed by atoms with Crippen LogP contribution in [0.1, 0.15) is 48.7 Å². The van der Waals surface area contributed by atoms with E-state index >= 15 is 0 Å². The van der Waals surface area contributed by atoms with E-state index < -0.39 is 6.04 Å². The Kier molecular flexibility index (Phi) is 4.42. The number of para-hydroxylation sites is 1. The van der Waals surface area contributed by atoms with E-state index in [0.29, 0.717) is 6.42 Å². The Morgan fingerprint density at radius 2 is 1.83 bits per heavy atom. The van der Waals surface area contributed by atoms with E-state index in [1.54, 1.807) is 4.90 Å². The van der Waals surface area contributed by atoms with Gasteiger partial charge in [0.2, 0.25) is 11.8 Å². The maximum absolute atomic E-state index is 13.6. The average Bonchev–Trinajstić information content (AvgIpc) is 3.13. The molecule has 1 saturated heterocycles. The first-order chi connectivity index (χ1) is 14.5. The zero-order valence-electron chi connectivity index (χ0n) is 17.7. The van der Waals surface area contributed by atoms with Crippen LogP contribution in [0.5, 0.6) is 0 Å². The molecule has 0 spiro atoms. The molecule has 0 radical (unpaired) electrons. The quantitative estimate of drug-likeness (QED) is 0.722. The summed E-state index contributed by atoms with van der Waals surface area (Å²) >= 11 is 0. The Morgan fingerprint density at radius 1 is 1.10 bits per heavy atom. The highest BCUT2D eigenvalue weighted by molar-refractivity contribution is 5.97. The van der Waals surface area contributed by atoms with Gasteiger partial charge in [0.25, 0.3) is 0 Å². The van der Waals surface area contributed by atoms with Crippen molar-refractivity contribution in [3.63, 3.8) is 0 Å². The van der Waals surface area contributed by atoms with Gasteiger partial charge in [-0.3, -0.25) is 9.59 Å². The molecule has 0 bridgehead atoms. The number of H-pyrrole nitrogens is 1.